The quantitative estimate of drug-likeness (QED) is 0.734. The van der Waals surface area contributed by atoms with Crippen LogP contribution in [-0.2, 0) is 12.6 Å². The molecule has 0 spiro atoms. The van der Waals surface area contributed by atoms with Gasteiger partial charge in [0.25, 0.3) is 0 Å². The number of rotatable bonds is 1. The molecule has 0 saturated carbocycles. The summed E-state index contributed by atoms with van der Waals surface area (Å²) >= 11 is 0.610. The second-order valence-corrected chi connectivity index (χ2v) is 3.23. The largest absolute Gasteiger partial charge is 0.432 e. The first-order valence-electron chi connectivity index (χ1n) is 3.24. The normalized spacial score (nSPS) is 12.0. The van der Waals surface area contributed by atoms with Gasteiger partial charge in [0.1, 0.15) is 5.69 Å². The van der Waals surface area contributed by atoms with Gasteiger partial charge in [-0.15, -0.1) is 0 Å². The Hall–Kier alpha value is -0.780. The van der Waals surface area contributed by atoms with E-state index >= 15 is 0 Å². The topological polar surface area (TPSA) is 32.9 Å². The van der Waals surface area contributed by atoms with Crippen molar-refractivity contribution in [1.82, 2.24) is 4.98 Å². The van der Waals surface area contributed by atoms with Crippen molar-refractivity contribution in [2.45, 2.75) is 19.5 Å². The van der Waals surface area contributed by atoms with Gasteiger partial charge in [-0.2, -0.15) is 13.2 Å². The van der Waals surface area contributed by atoms with E-state index in [0.717, 1.165) is 0 Å². The molecule has 0 atom stereocenters. The standard InChI is InChI=1S/C6H6F3NOS/c1-2-3-4(6(7,8)9)10-5(11)12-3/h2H2,1H3,(H,10,11). The van der Waals surface area contributed by atoms with Gasteiger partial charge in [-0.3, -0.25) is 4.79 Å². The molecule has 1 N–H and O–H groups in total. The van der Waals surface area contributed by atoms with Crippen LogP contribution in [0, 0.1) is 0 Å². The summed E-state index contributed by atoms with van der Waals surface area (Å²) in [7, 11) is 0. The van der Waals surface area contributed by atoms with Crippen LogP contribution >= 0.6 is 11.3 Å². The van der Waals surface area contributed by atoms with Crippen molar-refractivity contribution in [3.63, 3.8) is 0 Å². The molecule has 6 heteroatoms. The average molecular weight is 197 g/mol. The highest BCUT2D eigenvalue weighted by Gasteiger charge is 2.35. The molecule has 0 aliphatic carbocycles. The van der Waals surface area contributed by atoms with E-state index in [2.05, 4.69) is 0 Å². The minimum absolute atomic E-state index is 0.0625. The predicted molar refractivity (Wildman–Crippen MR) is 39.3 cm³/mol. The second-order valence-electron chi connectivity index (χ2n) is 2.16. The number of hydrogen-bond donors (Lipinski definition) is 1. The minimum Gasteiger partial charge on any atom is -0.308 e. The Morgan fingerprint density at radius 3 is 2.42 bits per heavy atom. The molecule has 1 aromatic heterocycles. The van der Waals surface area contributed by atoms with Crippen LogP contribution in [0.1, 0.15) is 17.5 Å². The lowest BCUT2D eigenvalue weighted by atomic mass is 10.3. The number of thiazole rings is 1. The fourth-order valence-electron chi connectivity index (χ4n) is 0.838. The summed E-state index contributed by atoms with van der Waals surface area (Å²) in [4.78, 5) is 11.8. The Morgan fingerprint density at radius 1 is 1.50 bits per heavy atom. The van der Waals surface area contributed by atoms with E-state index in [-0.39, 0.29) is 11.3 Å². The molecule has 0 radical (unpaired) electrons. The fourth-order valence-corrected chi connectivity index (χ4v) is 1.63. The molecule has 1 rings (SSSR count). The highest BCUT2D eigenvalue weighted by Crippen LogP contribution is 2.31. The maximum absolute atomic E-state index is 12.1. The predicted octanol–water partition coefficient (Wildman–Crippen LogP) is 2.02. The first kappa shape index (κ1) is 9.31. The van der Waals surface area contributed by atoms with Crippen molar-refractivity contribution in [3.05, 3.63) is 20.2 Å². The smallest absolute Gasteiger partial charge is 0.308 e. The molecule has 12 heavy (non-hydrogen) atoms. The van der Waals surface area contributed by atoms with Crippen LogP contribution in [0.25, 0.3) is 0 Å². The molecule has 0 amide bonds. The maximum atomic E-state index is 12.1. The van der Waals surface area contributed by atoms with Gasteiger partial charge in [-0.25, -0.2) is 0 Å². The van der Waals surface area contributed by atoms with Crippen molar-refractivity contribution in [1.29, 1.82) is 0 Å². The van der Waals surface area contributed by atoms with Gasteiger partial charge in [-0.05, 0) is 6.42 Å². The van der Waals surface area contributed by atoms with E-state index in [1.54, 1.807) is 11.9 Å². The molecule has 0 aliphatic heterocycles. The second kappa shape index (κ2) is 2.93. The lowest BCUT2D eigenvalue weighted by Gasteiger charge is -2.04. The van der Waals surface area contributed by atoms with Gasteiger partial charge in [-0.1, -0.05) is 18.3 Å². The van der Waals surface area contributed by atoms with Crippen molar-refractivity contribution in [3.8, 4) is 0 Å². The number of aromatic nitrogens is 1. The zero-order chi connectivity index (χ0) is 9.35. The van der Waals surface area contributed by atoms with E-state index in [4.69, 9.17) is 0 Å². The van der Waals surface area contributed by atoms with Gasteiger partial charge < -0.3 is 4.98 Å². The molecule has 0 aromatic carbocycles. The van der Waals surface area contributed by atoms with Gasteiger partial charge in [0.2, 0.25) is 0 Å². The molecule has 0 unspecified atom stereocenters. The van der Waals surface area contributed by atoms with E-state index in [1.807, 2.05) is 0 Å². The lowest BCUT2D eigenvalue weighted by molar-refractivity contribution is -0.141. The summed E-state index contributed by atoms with van der Waals surface area (Å²) in [6.45, 7) is 1.58. The minimum atomic E-state index is -4.44. The van der Waals surface area contributed by atoms with Gasteiger partial charge in [0.15, 0.2) is 0 Å². The number of alkyl halides is 3. The maximum Gasteiger partial charge on any atom is 0.432 e. The van der Waals surface area contributed by atoms with Crippen molar-refractivity contribution < 1.29 is 13.2 Å². The van der Waals surface area contributed by atoms with Crippen LogP contribution in [0.2, 0.25) is 0 Å². The summed E-state index contributed by atoms with van der Waals surface area (Å²) in [5.41, 5.74) is -0.903. The van der Waals surface area contributed by atoms with E-state index in [0.29, 0.717) is 11.3 Å². The molecule has 68 valence electrons. The Kier molecular flexibility index (Phi) is 2.27. The van der Waals surface area contributed by atoms with Crippen LogP contribution in [-0.4, -0.2) is 4.98 Å². The van der Waals surface area contributed by atoms with Crippen LogP contribution in [0.4, 0.5) is 13.2 Å². The highest BCUT2D eigenvalue weighted by atomic mass is 32.1. The molecule has 0 aliphatic rings. The van der Waals surface area contributed by atoms with Crippen LogP contribution in [0.15, 0.2) is 4.79 Å². The monoisotopic (exact) mass is 197 g/mol. The summed E-state index contributed by atoms with van der Waals surface area (Å²) < 4.78 is 36.3. The van der Waals surface area contributed by atoms with Gasteiger partial charge >= 0.3 is 11.0 Å². The van der Waals surface area contributed by atoms with Crippen LogP contribution < -0.4 is 4.87 Å². The molecule has 2 nitrogen and oxygen atoms in total. The lowest BCUT2D eigenvalue weighted by Crippen LogP contribution is -2.10. The third-order valence-corrected chi connectivity index (χ3v) is 2.35. The highest BCUT2D eigenvalue weighted by molar-refractivity contribution is 7.09. The number of H-pyrrole nitrogens is 1. The molecule has 1 heterocycles. The van der Waals surface area contributed by atoms with E-state index in [9.17, 15) is 18.0 Å². The summed E-state index contributed by atoms with van der Waals surface area (Å²) in [6, 6.07) is 0. The molecular weight excluding hydrogens is 191 g/mol. The molecule has 0 bridgehead atoms. The number of halogens is 3. The zero-order valence-corrected chi connectivity index (χ0v) is 6.97. The summed E-state index contributed by atoms with van der Waals surface area (Å²) in [6.07, 6.45) is -4.22. The summed E-state index contributed by atoms with van der Waals surface area (Å²) in [5.74, 6) is 0. The SMILES string of the molecule is CCc1sc(=O)[nH]c1C(F)(F)F. The third-order valence-electron chi connectivity index (χ3n) is 1.33. The van der Waals surface area contributed by atoms with Gasteiger partial charge in [0, 0.05) is 4.88 Å². The van der Waals surface area contributed by atoms with E-state index < -0.39 is 16.7 Å². The molecular formula is C6H6F3NOS. The summed E-state index contributed by atoms with van der Waals surface area (Å²) in [5, 5.41) is 0. The number of aromatic amines is 1. The Labute approximate surface area is 70.0 Å². The van der Waals surface area contributed by atoms with Crippen molar-refractivity contribution in [2.24, 2.45) is 0 Å². The third kappa shape index (κ3) is 1.69. The van der Waals surface area contributed by atoms with Crippen molar-refractivity contribution in [2.75, 3.05) is 0 Å². The molecule has 0 saturated heterocycles. The molecule has 0 fully saturated rings. The fraction of sp³-hybridized carbons (Fsp3) is 0.500. The van der Waals surface area contributed by atoms with Crippen LogP contribution in [0.3, 0.4) is 0 Å². The van der Waals surface area contributed by atoms with Crippen molar-refractivity contribution >= 4 is 11.3 Å². The van der Waals surface area contributed by atoms with Gasteiger partial charge in [0.05, 0.1) is 0 Å². The zero-order valence-electron chi connectivity index (χ0n) is 6.16. The van der Waals surface area contributed by atoms with E-state index in [1.165, 1.54) is 0 Å². The molecule has 1 aromatic rings. The van der Waals surface area contributed by atoms with Crippen LogP contribution in [0.5, 0.6) is 0 Å². The number of hydrogen-bond acceptors (Lipinski definition) is 2. The Bertz CT molecular complexity index is 324. The number of nitrogens with one attached hydrogen (secondary N) is 1. The number of aryl methyl sites for hydroxylation is 1. The first-order valence-corrected chi connectivity index (χ1v) is 4.06. The Morgan fingerprint density at radius 2 is 2.08 bits per heavy atom. The average Bonchev–Trinajstić information content (AvgIpc) is 2.29. The first-order chi connectivity index (χ1) is 5.45. The Balaban J connectivity index is 3.23.